The fourth-order valence-corrected chi connectivity index (χ4v) is 11.9. The molecule has 89 heavy (non-hydrogen) atoms. The first kappa shape index (κ1) is 74.1. The molecular weight excluding hydrogens is 1150 g/mol. The predicted molar refractivity (Wildman–Crippen MR) is 334 cm³/mol. The Balaban J connectivity index is 1.55. The number of amides is 10. The van der Waals surface area contributed by atoms with Gasteiger partial charge in [0.15, 0.2) is 5.96 Å². The highest BCUT2D eigenvalue weighted by molar-refractivity contribution is 5.99. The Morgan fingerprint density at radius 1 is 0.640 bits per heavy atom. The second-order valence-corrected chi connectivity index (χ2v) is 25.3. The molecule has 0 spiro atoms. The smallest absolute Gasteiger partial charge is 0.305 e. The Hall–Kier alpha value is -7.38. The van der Waals surface area contributed by atoms with Gasteiger partial charge in [-0.05, 0) is 87.0 Å². The van der Waals surface area contributed by atoms with Gasteiger partial charge in [0.2, 0.25) is 59.1 Å². The van der Waals surface area contributed by atoms with E-state index < -0.39 is 132 Å². The number of piperidine rings is 1. The number of rotatable bonds is 37. The van der Waals surface area contributed by atoms with E-state index in [2.05, 4.69) is 49.1 Å². The highest BCUT2D eigenvalue weighted by Gasteiger charge is 2.45. The maximum atomic E-state index is 14.9. The van der Waals surface area contributed by atoms with Crippen LogP contribution in [0, 0.1) is 29.6 Å². The first-order valence-electron chi connectivity index (χ1n) is 32.2. The van der Waals surface area contributed by atoms with E-state index in [1.807, 2.05) is 58.0 Å². The van der Waals surface area contributed by atoms with Crippen LogP contribution in [0.1, 0.15) is 176 Å². The monoisotopic (exact) mass is 1250 g/mol. The van der Waals surface area contributed by atoms with Gasteiger partial charge in [-0.2, -0.15) is 0 Å². The maximum absolute atomic E-state index is 14.9. The van der Waals surface area contributed by atoms with Gasteiger partial charge in [-0.25, -0.2) is 0 Å². The number of nitrogens with two attached hydrogens (primary N) is 3. The van der Waals surface area contributed by atoms with Gasteiger partial charge < -0.3 is 74.4 Å². The van der Waals surface area contributed by atoms with Crippen LogP contribution < -0.4 is 54.4 Å². The fraction of sp³-hybridized carbons (Fsp3) is 0.714. The molecule has 3 aliphatic rings. The predicted octanol–water partition coefficient (Wildman–Crippen LogP) is 1.53. The fourth-order valence-electron chi connectivity index (χ4n) is 11.9. The molecule has 1 aromatic rings. The third kappa shape index (κ3) is 24.8. The van der Waals surface area contributed by atoms with E-state index in [9.17, 15) is 63.0 Å². The van der Waals surface area contributed by atoms with Gasteiger partial charge in [-0.3, -0.25) is 57.7 Å². The standard InChI is InChI=1S/C63H103N13O13/c1-8-10-11-12-16-27-50(78)75-29-20-25-42(35-75)55(82)69-46(32-40-21-14-13-15-22-40)58(85)70-45(30-37(3)4)57(84)72-48(31-38(5)6)62(89)76-36-43(77)33-49(76)60(87)74-53(41-23-17-18-24-41)61(88)71-47(34-51(79)80)59(86)68-44(26-19-28-67-63(65)66)56(83)73-52(54(64)81)39(7)9-2/h13-15,21-22,37-39,41-49,52-53,77H,8-12,16-20,23-36H2,1-7H3,(H2,64,81)(H,68,86)(H,69,82)(H,70,85)(H,71,88)(H,72,84)(H,73,83)(H,74,87)(H,79,80)(H4,65,66,67)/t39-,42-,43+,44-,45+,46-,47-,48-,49-,52-,53-/m0/s1. The molecule has 2 saturated heterocycles. The molecule has 0 aromatic heterocycles. The molecule has 0 unspecified atom stereocenters. The van der Waals surface area contributed by atoms with Crippen molar-refractivity contribution in [3.05, 3.63) is 35.9 Å². The largest absolute Gasteiger partial charge is 0.481 e. The van der Waals surface area contributed by atoms with Crippen molar-refractivity contribution in [1.82, 2.24) is 47.0 Å². The molecule has 0 radical (unpaired) electrons. The van der Waals surface area contributed by atoms with E-state index in [0.717, 1.165) is 42.6 Å². The minimum atomic E-state index is -1.79. The third-order valence-electron chi connectivity index (χ3n) is 16.9. The van der Waals surface area contributed by atoms with Crippen LogP contribution in [0.4, 0.5) is 0 Å². The Morgan fingerprint density at radius 2 is 1.24 bits per heavy atom. The van der Waals surface area contributed by atoms with Crippen molar-refractivity contribution in [3.8, 4) is 0 Å². The highest BCUT2D eigenvalue weighted by Crippen LogP contribution is 2.30. The number of likely N-dealkylation sites (tertiary alicyclic amines) is 2. The number of hydrogen-bond acceptors (Lipinski definition) is 13. The SMILES string of the molecule is CCCCCCCC(=O)N1CCC[C@H](C(=O)N[C@@H](Cc2ccccc2)C(=O)N[C@H](CC(C)C)C(=O)N[C@@H](CC(C)C)C(=O)N2C[C@H](O)C[C@H]2C(=O)N[C@H](C(=O)N[C@@H](CC(=O)O)C(=O)N[C@@H](CCCN=C(N)N)C(=O)N[C@H](C(N)=O)[C@@H](C)CC)C2CCCC2)C1. The minimum absolute atomic E-state index is 0.00272. The summed E-state index contributed by atoms with van der Waals surface area (Å²) < 4.78 is 0. The molecule has 1 aromatic carbocycles. The van der Waals surface area contributed by atoms with Crippen LogP contribution in [-0.4, -0.2) is 172 Å². The van der Waals surface area contributed by atoms with E-state index in [-0.39, 0.29) is 87.8 Å². The van der Waals surface area contributed by atoms with Crippen LogP contribution in [0.25, 0.3) is 0 Å². The lowest BCUT2D eigenvalue weighted by Crippen LogP contribution is -2.61. The van der Waals surface area contributed by atoms with Crippen molar-refractivity contribution in [2.24, 2.45) is 51.8 Å². The van der Waals surface area contributed by atoms with Crippen molar-refractivity contribution in [2.45, 2.75) is 231 Å². The number of β-amino-alcohol motifs (C(OH)–C–C–N with tert-alkyl or cyclic N) is 1. The first-order chi connectivity index (χ1) is 42.2. The van der Waals surface area contributed by atoms with Crippen LogP contribution in [0.5, 0.6) is 0 Å². The summed E-state index contributed by atoms with van der Waals surface area (Å²) in [5.74, 6) is -10.4. The number of aliphatic imine (C=N–C) groups is 1. The van der Waals surface area contributed by atoms with Gasteiger partial charge in [-0.15, -0.1) is 0 Å². The Kier molecular flexibility index (Phi) is 31.3. The zero-order valence-electron chi connectivity index (χ0n) is 53.4. The summed E-state index contributed by atoms with van der Waals surface area (Å²) in [6.07, 6.45) is 7.22. The molecule has 3 fully saturated rings. The summed E-state index contributed by atoms with van der Waals surface area (Å²) in [4.78, 5) is 160. The van der Waals surface area contributed by atoms with Crippen molar-refractivity contribution in [2.75, 3.05) is 26.2 Å². The highest BCUT2D eigenvalue weighted by atomic mass is 16.4. The normalized spacial score (nSPS) is 19.5. The average molecular weight is 1250 g/mol. The van der Waals surface area contributed by atoms with Crippen LogP contribution in [0.2, 0.25) is 0 Å². The molecule has 0 bridgehead atoms. The molecule has 1 saturated carbocycles. The van der Waals surface area contributed by atoms with Crippen LogP contribution in [0.3, 0.4) is 0 Å². The lowest BCUT2D eigenvalue weighted by molar-refractivity contribution is -0.143. The number of aliphatic hydroxyl groups is 1. The number of carbonyl (C=O) groups is 11. The van der Waals surface area contributed by atoms with Gasteiger partial charge >= 0.3 is 5.97 Å². The molecule has 4 rings (SSSR count). The third-order valence-corrected chi connectivity index (χ3v) is 16.9. The number of aliphatic carboxylic acids is 1. The summed E-state index contributed by atoms with van der Waals surface area (Å²) in [5, 5.41) is 40.1. The minimum Gasteiger partial charge on any atom is -0.481 e. The molecule has 26 heteroatoms. The van der Waals surface area contributed by atoms with Gasteiger partial charge in [0.05, 0.1) is 18.4 Å². The quantitative estimate of drug-likeness (QED) is 0.0255. The molecule has 2 aliphatic heterocycles. The Morgan fingerprint density at radius 3 is 1.85 bits per heavy atom. The summed E-state index contributed by atoms with van der Waals surface area (Å²) in [6, 6.07) is -1.55. The number of carbonyl (C=O) groups excluding carboxylic acids is 10. The molecule has 10 amide bonds. The molecule has 498 valence electrons. The summed E-state index contributed by atoms with van der Waals surface area (Å²) in [7, 11) is 0. The van der Waals surface area contributed by atoms with Crippen molar-refractivity contribution < 1.29 is 63.0 Å². The van der Waals surface area contributed by atoms with Crippen LogP contribution in [0.15, 0.2) is 35.3 Å². The number of aliphatic hydroxyl groups excluding tert-OH is 1. The second kappa shape index (κ2) is 37.6. The van der Waals surface area contributed by atoms with Crippen LogP contribution in [-0.2, 0) is 59.2 Å². The van der Waals surface area contributed by atoms with E-state index in [1.54, 1.807) is 18.7 Å². The van der Waals surface area contributed by atoms with Gasteiger partial charge in [0.25, 0.3) is 0 Å². The molecule has 11 atom stereocenters. The zero-order valence-corrected chi connectivity index (χ0v) is 53.4. The molecule has 1 aliphatic carbocycles. The zero-order chi connectivity index (χ0) is 65.9. The number of carboxylic acid groups (broad SMARTS) is 1. The van der Waals surface area contributed by atoms with E-state index in [0.29, 0.717) is 57.9 Å². The topological polar surface area (TPSA) is 409 Å². The number of primary amides is 1. The van der Waals surface area contributed by atoms with Gasteiger partial charge in [0.1, 0.15) is 48.3 Å². The summed E-state index contributed by atoms with van der Waals surface area (Å²) in [6.45, 7) is 13.5. The number of guanidine groups is 1. The first-order valence-corrected chi connectivity index (χ1v) is 32.2. The van der Waals surface area contributed by atoms with Crippen molar-refractivity contribution in [1.29, 1.82) is 0 Å². The van der Waals surface area contributed by atoms with Gasteiger partial charge in [-0.1, -0.05) is 124 Å². The van der Waals surface area contributed by atoms with E-state index in [1.165, 1.54) is 0 Å². The van der Waals surface area contributed by atoms with E-state index in [4.69, 9.17) is 17.2 Å². The molecule has 26 nitrogen and oxygen atoms in total. The number of nitrogens with one attached hydrogen (secondary N) is 7. The average Bonchev–Trinajstić information content (AvgIpc) is 1.97. The lowest BCUT2D eigenvalue weighted by Gasteiger charge is -2.33. The number of nitrogens with zero attached hydrogens (tertiary/aromatic N) is 3. The Bertz CT molecular complexity index is 2560. The maximum Gasteiger partial charge on any atom is 0.305 e. The summed E-state index contributed by atoms with van der Waals surface area (Å²) >= 11 is 0. The number of unbranched alkanes of at least 4 members (excludes halogenated alkanes) is 4. The van der Waals surface area contributed by atoms with Crippen molar-refractivity contribution >= 4 is 71.0 Å². The lowest BCUT2D eigenvalue weighted by atomic mass is 9.95. The molecule has 2 heterocycles. The number of benzene rings is 1. The van der Waals surface area contributed by atoms with Crippen LogP contribution >= 0.6 is 0 Å². The summed E-state index contributed by atoms with van der Waals surface area (Å²) in [5.41, 5.74) is 17.3. The molecular formula is C63H103N13O13. The Labute approximate surface area is 524 Å². The number of hydrogen-bond donors (Lipinski definition) is 12. The van der Waals surface area contributed by atoms with E-state index >= 15 is 0 Å². The second-order valence-electron chi connectivity index (χ2n) is 25.3. The van der Waals surface area contributed by atoms with Gasteiger partial charge in [0, 0.05) is 45.4 Å². The number of carboxylic acids is 1. The molecule has 15 N–H and O–H groups in total. The van der Waals surface area contributed by atoms with Crippen molar-refractivity contribution in [3.63, 3.8) is 0 Å².